The maximum Gasteiger partial charge on any atom is 0.271 e. The Kier molecular flexibility index (Phi) is 6.34. The SMILES string of the molecule is O=[N+]([O-])c1ccc(NCCNCc2ccc(-c3ccc(Cl)cc3)o2)c(Cl)c1. The minimum Gasteiger partial charge on any atom is -0.460 e. The standard InChI is InChI=1S/C19H17Cl2N3O3/c20-14-3-1-13(2-4-14)19-8-6-16(27-19)12-22-9-10-23-18-7-5-15(24(25)26)11-17(18)21/h1-8,11,22-23H,9-10,12H2. The van der Waals surface area contributed by atoms with E-state index >= 15 is 0 Å². The predicted octanol–water partition coefficient (Wildman–Crippen LogP) is 5.36. The number of anilines is 1. The Bertz CT molecular complexity index is 926. The summed E-state index contributed by atoms with van der Waals surface area (Å²) in [5, 5.41) is 18.1. The molecule has 27 heavy (non-hydrogen) atoms. The lowest BCUT2D eigenvalue weighted by molar-refractivity contribution is -0.384. The van der Waals surface area contributed by atoms with Gasteiger partial charge in [0.25, 0.3) is 5.69 Å². The summed E-state index contributed by atoms with van der Waals surface area (Å²) in [4.78, 5) is 10.2. The van der Waals surface area contributed by atoms with Gasteiger partial charge in [-0.2, -0.15) is 0 Å². The van der Waals surface area contributed by atoms with Gasteiger partial charge < -0.3 is 15.1 Å². The van der Waals surface area contributed by atoms with Gasteiger partial charge >= 0.3 is 0 Å². The van der Waals surface area contributed by atoms with Crippen LogP contribution < -0.4 is 10.6 Å². The first-order valence-corrected chi connectivity index (χ1v) is 9.02. The molecule has 1 aromatic heterocycles. The summed E-state index contributed by atoms with van der Waals surface area (Å²) in [5.41, 5.74) is 1.60. The molecule has 0 saturated heterocycles. The molecule has 0 aliphatic carbocycles. The fraction of sp³-hybridized carbons (Fsp3) is 0.158. The molecule has 0 atom stereocenters. The summed E-state index contributed by atoms with van der Waals surface area (Å²) in [6, 6.07) is 15.7. The largest absolute Gasteiger partial charge is 0.460 e. The molecule has 0 spiro atoms. The lowest BCUT2D eigenvalue weighted by Gasteiger charge is -2.08. The highest BCUT2D eigenvalue weighted by Crippen LogP contribution is 2.26. The van der Waals surface area contributed by atoms with Crippen LogP contribution in [0, 0.1) is 10.1 Å². The van der Waals surface area contributed by atoms with Crippen molar-refractivity contribution in [2.75, 3.05) is 18.4 Å². The maximum absolute atomic E-state index is 10.7. The number of furan rings is 1. The summed E-state index contributed by atoms with van der Waals surface area (Å²) >= 11 is 11.9. The molecule has 2 N–H and O–H groups in total. The van der Waals surface area contributed by atoms with Gasteiger partial charge in [0.2, 0.25) is 0 Å². The first-order valence-electron chi connectivity index (χ1n) is 8.26. The average Bonchev–Trinajstić information content (AvgIpc) is 3.12. The average molecular weight is 406 g/mol. The second-order valence-electron chi connectivity index (χ2n) is 5.80. The quantitative estimate of drug-likeness (QED) is 0.299. The number of rotatable bonds is 8. The number of nitro benzene ring substituents is 1. The van der Waals surface area contributed by atoms with E-state index in [9.17, 15) is 10.1 Å². The van der Waals surface area contributed by atoms with Gasteiger partial charge in [-0.1, -0.05) is 23.2 Å². The second kappa shape index (κ2) is 8.90. The Hall–Kier alpha value is -2.54. The molecule has 2 aromatic carbocycles. The van der Waals surface area contributed by atoms with Crippen molar-refractivity contribution in [3.8, 4) is 11.3 Å². The van der Waals surface area contributed by atoms with E-state index in [0.29, 0.717) is 35.4 Å². The van der Waals surface area contributed by atoms with Gasteiger partial charge in [0.05, 0.1) is 22.2 Å². The summed E-state index contributed by atoms with van der Waals surface area (Å²) in [5.74, 6) is 1.62. The second-order valence-corrected chi connectivity index (χ2v) is 6.64. The Morgan fingerprint density at radius 3 is 2.48 bits per heavy atom. The van der Waals surface area contributed by atoms with Crippen molar-refractivity contribution < 1.29 is 9.34 Å². The Labute approximate surface area is 166 Å². The fourth-order valence-electron chi connectivity index (χ4n) is 2.50. The van der Waals surface area contributed by atoms with E-state index in [-0.39, 0.29) is 5.69 Å². The van der Waals surface area contributed by atoms with Gasteiger partial charge in [0.15, 0.2) is 0 Å². The molecule has 3 rings (SSSR count). The molecule has 0 fully saturated rings. The lowest BCUT2D eigenvalue weighted by Crippen LogP contribution is -2.21. The summed E-state index contributed by atoms with van der Waals surface area (Å²) in [6.07, 6.45) is 0. The van der Waals surface area contributed by atoms with Crippen molar-refractivity contribution in [2.45, 2.75) is 6.54 Å². The van der Waals surface area contributed by atoms with Gasteiger partial charge in [-0.25, -0.2) is 0 Å². The minimum absolute atomic E-state index is 0.0296. The predicted molar refractivity (Wildman–Crippen MR) is 107 cm³/mol. The summed E-state index contributed by atoms with van der Waals surface area (Å²) in [7, 11) is 0. The molecule has 3 aromatic rings. The lowest BCUT2D eigenvalue weighted by atomic mass is 10.2. The smallest absolute Gasteiger partial charge is 0.271 e. The van der Waals surface area contributed by atoms with E-state index in [0.717, 1.165) is 17.1 Å². The van der Waals surface area contributed by atoms with Crippen LogP contribution in [0.25, 0.3) is 11.3 Å². The van der Waals surface area contributed by atoms with Crippen LogP contribution in [0.3, 0.4) is 0 Å². The molecule has 0 saturated carbocycles. The number of nitrogens with zero attached hydrogens (tertiary/aromatic N) is 1. The van der Waals surface area contributed by atoms with E-state index in [1.165, 1.54) is 12.1 Å². The van der Waals surface area contributed by atoms with Crippen molar-refractivity contribution in [1.29, 1.82) is 0 Å². The molecular weight excluding hydrogens is 389 g/mol. The third-order valence-corrected chi connectivity index (χ3v) is 4.44. The Balaban J connectivity index is 1.44. The minimum atomic E-state index is -0.473. The van der Waals surface area contributed by atoms with E-state index in [1.807, 2.05) is 36.4 Å². The third-order valence-electron chi connectivity index (χ3n) is 3.87. The summed E-state index contributed by atoms with van der Waals surface area (Å²) in [6.45, 7) is 1.87. The van der Waals surface area contributed by atoms with Gasteiger partial charge in [0.1, 0.15) is 11.5 Å². The number of benzene rings is 2. The first-order chi connectivity index (χ1) is 13.0. The molecule has 0 aliphatic heterocycles. The zero-order chi connectivity index (χ0) is 19.2. The fourth-order valence-corrected chi connectivity index (χ4v) is 2.87. The topological polar surface area (TPSA) is 80.3 Å². The van der Waals surface area contributed by atoms with E-state index in [2.05, 4.69) is 10.6 Å². The Morgan fingerprint density at radius 1 is 1.00 bits per heavy atom. The maximum atomic E-state index is 10.7. The molecule has 1 heterocycles. The van der Waals surface area contributed by atoms with E-state index in [1.54, 1.807) is 6.07 Å². The third kappa shape index (κ3) is 5.23. The molecular formula is C19H17Cl2N3O3. The number of nitro groups is 1. The molecule has 0 radical (unpaired) electrons. The Morgan fingerprint density at radius 2 is 1.78 bits per heavy atom. The normalized spacial score (nSPS) is 10.7. The van der Waals surface area contributed by atoms with Crippen molar-refractivity contribution in [3.63, 3.8) is 0 Å². The van der Waals surface area contributed by atoms with Crippen LogP contribution in [0.2, 0.25) is 10.0 Å². The molecule has 0 aliphatic rings. The molecule has 0 unspecified atom stereocenters. The highest BCUT2D eigenvalue weighted by molar-refractivity contribution is 6.33. The van der Waals surface area contributed by atoms with Crippen LogP contribution in [0.5, 0.6) is 0 Å². The van der Waals surface area contributed by atoms with Crippen LogP contribution >= 0.6 is 23.2 Å². The first kappa shape index (κ1) is 19.2. The molecule has 0 amide bonds. The molecule has 140 valence electrons. The number of hydrogen-bond donors (Lipinski definition) is 2. The monoisotopic (exact) mass is 405 g/mol. The van der Waals surface area contributed by atoms with Crippen molar-refractivity contribution >= 4 is 34.6 Å². The van der Waals surface area contributed by atoms with Crippen LogP contribution in [-0.4, -0.2) is 18.0 Å². The number of hydrogen-bond acceptors (Lipinski definition) is 5. The number of nitrogens with one attached hydrogen (secondary N) is 2. The number of halogens is 2. The zero-order valence-corrected chi connectivity index (χ0v) is 15.8. The van der Waals surface area contributed by atoms with Gasteiger partial charge in [-0.15, -0.1) is 0 Å². The van der Waals surface area contributed by atoms with Crippen LogP contribution in [0.15, 0.2) is 59.0 Å². The van der Waals surface area contributed by atoms with Crippen LogP contribution in [0.4, 0.5) is 11.4 Å². The van der Waals surface area contributed by atoms with E-state index in [4.69, 9.17) is 27.6 Å². The molecule has 6 nitrogen and oxygen atoms in total. The molecule has 0 bridgehead atoms. The van der Waals surface area contributed by atoms with Crippen molar-refractivity contribution in [1.82, 2.24) is 5.32 Å². The number of non-ortho nitro benzene ring substituents is 1. The van der Waals surface area contributed by atoms with Gasteiger partial charge in [0, 0.05) is 35.8 Å². The van der Waals surface area contributed by atoms with Crippen molar-refractivity contribution in [2.24, 2.45) is 0 Å². The summed E-state index contributed by atoms with van der Waals surface area (Å²) < 4.78 is 5.82. The van der Waals surface area contributed by atoms with Crippen LogP contribution in [0.1, 0.15) is 5.76 Å². The van der Waals surface area contributed by atoms with Gasteiger partial charge in [-0.05, 0) is 42.5 Å². The van der Waals surface area contributed by atoms with Gasteiger partial charge in [-0.3, -0.25) is 10.1 Å². The molecule has 8 heteroatoms. The van der Waals surface area contributed by atoms with Crippen molar-refractivity contribution in [3.05, 3.63) is 80.5 Å². The highest BCUT2D eigenvalue weighted by atomic mass is 35.5. The van der Waals surface area contributed by atoms with E-state index < -0.39 is 4.92 Å². The highest BCUT2D eigenvalue weighted by Gasteiger charge is 2.09. The zero-order valence-electron chi connectivity index (χ0n) is 14.2. The van der Waals surface area contributed by atoms with Crippen LogP contribution in [-0.2, 0) is 6.54 Å².